The number of guanidine groups is 1. The molecule has 7 nitrogen and oxygen atoms in total. The number of rotatable bonds is 9. The third kappa shape index (κ3) is 6.53. The van der Waals surface area contributed by atoms with Crippen LogP contribution in [0.5, 0.6) is 5.75 Å². The van der Waals surface area contributed by atoms with Gasteiger partial charge in [0.15, 0.2) is 0 Å². The number of urea groups is 1. The molecule has 1 saturated heterocycles. The molecule has 9 heteroatoms. The minimum absolute atomic E-state index is 0.0121. The minimum atomic E-state index is -0.275. The summed E-state index contributed by atoms with van der Waals surface area (Å²) in [5.41, 5.74) is 1.62. The topological polar surface area (TPSA) is 77.4 Å². The highest BCUT2D eigenvalue weighted by Gasteiger charge is 2.34. The van der Waals surface area contributed by atoms with Crippen LogP contribution >= 0.6 is 23.2 Å². The Bertz CT molecular complexity index is 984. The second kappa shape index (κ2) is 11.6. The molecule has 3 rings (SSSR count). The first kappa shape index (κ1) is 25.1. The number of nitrogens with zero attached hydrogens (tertiary/aromatic N) is 3. The number of nitrogens with one attached hydrogen (secondary N) is 1. The minimum Gasteiger partial charge on any atom is -0.489 e. The van der Waals surface area contributed by atoms with Crippen molar-refractivity contribution in [3.05, 3.63) is 58.1 Å². The normalized spacial score (nSPS) is 18.4. The Morgan fingerprint density at radius 3 is 2.55 bits per heavy atom. The molecule has 1 heterocycles. The number of halogens is 2. The summed E-state index contributed by atoms with van der Waals surface area (Å²) >= 11 is 12.5. The van der Waals surface area contributed by atoms with Gasteiger partial charge in [-0.3, -0.25) is 5.32 Å². The summed E-state index contributed by atoms with van der Waals surface area (Å²) < 4.78 is 5.84. The molecule has 2 amide bonds. The summed E-state index contributed by atoms with van der Waals surface area (Å²) in [6.07, 6.45) is 1.14. The number of amides is 2. The highest BCUT2D eigenvalue weighted by Crippen LogP contribution is 2.31. The van der Waals surface area contributed by atoms with Crippen LogP contribution in [-0.2, 0) is 6.54 Å². The van der Waals surface area contributed by atoms with Gasteiger partial charge in [-0.2, -0.15) is 0 Å². The molecular weight excluding hydrogens is 463 g/mol. The van der Waals surface area contributed by atoms with Crippen molar-refractivity contribution in [3.63, 3.8) is 0 Å². The molecule has 1 unspecified atom stereocenters. The van der Waals surface area contributed by atoms with Crippen LogP contribution in [0.15, 0.2) is 47.5 Å². The number of hydrogen-bond acceptors (Lipinski definition) is 4. The van der Waals surface area contributed by atoms with E-state index in [1.807, 2.05) is 56.0 Å². The van der Waals surface area contributed by atoms with Gasteiger partial charge in [0.2, 0.25) is 5.96 Å². The van der Waals surface area contributed by atoms with Gasteiger partial charge in [0.05, 0.1) is 16.8 Å². The van der Waals surface area contributed by atoms with E-state index in [0.29, 0.717) is 47.0 Å². The standard InChI is InChI=1S/C24H30Cl2N4O3/c1-4-16(2)33-22-11-10-20(14-21(22)26)27-23-28-24(32)29(12-5-13-31)17(3)30(23)15-18-6-8-19(25)9-7-18/h6-11,14,16-17,31H,4-5,12-13,15H2,1-3H3,(H,27,28,32)/t16-,17?/m1/s1. The van der Waals surface area contributed by atoms with Crippen molar-refractivity contribution in [1.29, 1.82) is 0 Å². The fraction of sp³-hybridized carbons (Fsp3) is 0.417. The SMILES string of the molecule is CC[C@@H](C)Oc1ccc(N=C2NC(=O)N(CCCO)C(C)N2Cc2ccc(Cl)cc2)cc1Cl. The fourth-order valence-electron chi connectivity index (χ4n) is 3.45. The van der Waals surface area contributed by atoms with Gasteiger partial charge in [0.25, 0.3) is 0 Å². The molecule has 2 aromatic rings. The van der Waals surface area contributed by atoms with E-state index in [1.165, 1.54) is 0 Å². The average Bonchev–Trinajstić information content (AvgIpc) is 2.79. The van der Waals surface area contributed by atoms with Crippen molar-refractivity contribution >= 4 is 40.9 Å². The number of aliphatic hydroxyl groups is 1. The van der Waals surface area contributed by atoms with E-state index in [0.717, 1.165) is 12.0 Å². The van der Waals surface area contributed by atoms with Gasteiger partial charge in [-0.25, -0.2) is 9.79 Å². The quantitative estimate of drug-likeness (QED) is 0.490. The van der Waals surface area contributed by atoms with Crippen molar-refractivity contribution in [3.8, 4) is 5.75 Å². The maximum atomic E-state index is 12.8. The number of hydrogen-bond donors (Lipinski definition) is 2. The van der Waals surface area contributed by atoms with Gasteiger partial charge in [-0.05, 0) is 62.6 Å². The molecule has 2 N–H and O–H groups in total. The van der Waals surface area contributed by atoms with Gasteiger partial charge in [-0.15, -0.1) is 0 Å². The molecule has 0 aromatic heterocycles. The Morgan fingerprint density at radius 1 is 1.18 bits per heavy atom. The first-order valence-corrected chi connectivity index (χ1v) is 11.8. The molecule has 1 aliphatic heterocycles. The average molecular weight is 493 g/mol. The summed E-state index contributed by atoms with van der Waals surface area (Å²) in [7, 11) is 0. The molecule has 0 spiro atoms. The molecule has 2 aromatic carbocycles. The smallest absolute Gasteiger partial charge is 0.325 e. The van der Waals surface area contributed by atoms with E-state index in [-0.39, 0.29) is 24.9 Å². The zero-order valence-corrected chi connectivity index (χ0v) is 20.6. The van der Waals surface area contributed by atoms with Crippen molar-refractivity contribution in [2.24, 2.45) is 4.99 Å². The second-order valence-corrected chi connectivity index (χ2v) is 8.82. The zero-order chi connectivity index (χ0) is 24.0. The number of benzene rings is 2. The summed E-state index contributed by atoms with van der Waals surface area (Å²) in [6, 6.07) is 12.6. The molecule has 178 valence electrons. The monoisotopic (exact) mass is 492 g/mol. The molecule has 2 atom stereocenters. The van der Waals surface area contributed by atoms with E-state index >= 15 is 0 Å². The lowest BCUT2D eigenvalue weighted by molar-refractivity contribution is 0.0963. The van der Waals surface area contributed by atoms with Gasteiger partial charge in [0.1, 0.15) is 11.9 Å². The van der Waals surface area contributed by atoms with E-state index < -0.39 is 0 Å². The largest absolute Gasteiger partial charge is 0.489 e. The fourth-order valence-corrected chi connectivity index (χ4v) is 3.79. The molecule has 0 bridgehead atoms. The molecule has 0 aliphatic carbocycles. The highest BCUT2D eigenvalue weighted by atomic mass is 35.5. The van der Waals surface area contributed by atoms with Crippen molar-refractivity contribution in [2.45, 2.75) is 52.4 Å². The molecule has 33 heavy (non-hydrogen) atoms. The van der Waals surface area contributed by atoms with Crippen LogP contribution in [-0.4, -0.2) is 52.3 Å². The lowest BCUT2D eigenvalue weighted by Gasteiger charge is -2.43. The van der Waals surface area contributed by atoms with Gasteiger partial charge >= 0.3 is 6.03 Å². The van der Waals surface area contributed by atoms with Crippen LogP contribution in [0.25, 0.3) is 0 Å². The van der Waals surface area contributed by atoms with Crippen molar-refractivity contribution in [1.82, 2.24) is 15.1 Å². The van der Waals surface area contributed by atoms with Crippen molar-refractivity contribution in [2.75, 3.05) is 13.2 Å². The Hall–Kier alpha value is -2.48. The molecule has 0 saturated carbocycles. The van der Waals surface area contributed by atoms with Gasteiger partial charge < -0.3 is 19.6 Å². The summed E-state index contributed by atoms with van der Waals surface area (Å²) in [6.45, 7) is 6.93. The van der Waals surface area contributed by atoms with Crippen LogP contribution in [0.4, 0.5) is 10.5 Å². The van der Waals surface area contributed by atoms with Gasteiger partial charge in [-0.1, -0.05) is 42.3 Å². The third-order valence-electron chi connectivity index (χ3n) is 5.53. The number of carbonyl (C=O) groups excluding carboxylic acids is 1. The number of aliphatic hydroxyl groups excluding tert-OH is 1. The molecule has 0 radical (unpaired) electrons. The summed E-state index contributed by atoms with van der Waals surface area (Å²) in [5, 5.41) is 13.2. The Balaban J connectivity index is 1.91. The molecule has 1 aliphatic rings. The van der Waals surface area contributed by atoms with Crippen LogP contribution in [0.1, 0.15) is 39.2 Å². The highest BCUT2D eigenvalue weighted by molar-refractivity contribution is 6.32. The zero-order valence-electron chi connectivity index (χ0n) is 19.1. The van der Waals surface area contributed by atoms with E-state index in [1.54, 1.807) is 17.0 Å². The first-order chi connectivity index (χ1) is 15.8. The number of carbonyl (C=O) groups is 1. The Labute approximate surface area is 205 Å². The van der Waals surface area contributed by atoms with Crippen molar-refractivity contribution < 1.29 is 14.6 Å². The first-order valence-electron chi connectivity index (χ1n) is 11.1. The van der Waals surface area contributed by atoms with Crippen LogP contribution in [0, 0.1) is 0 Å². The van der Waals surface area contributed by atoms with E-state index in [2.05, 4.69) is 5.32 Å². The Morgan fingerprint density at radius 2 is 1.91 bits per heavy atom. The van der Waals surface area contributed by atoms with Crippen LogP contribution in [0.3, 0.4) is 0 Å². The number of ether oxygens (including phenoxy) is 1. The second-order valence-electron chi connectivity index (χ2n) is 7.97. The summed E-state index contributed by atoms with van der Waals surface area (Å²) in [4.78, 5) is 21.2. The predicted molar refractivity (Wildman–Crippen MR) is 132 cm³/mol. The Kier molecular flexibility index (Phi) is 8.83. The van der Waals surface area contributed by atoms with E-state index in [4.69, 9.17) is 32.9 Å². The molecule has 1 fully saturated rings. The van der Waals surface area contributed by atoms with E-state index in [9.17, 15) is 9.90 Å². The lowest BCUT2D eigenvalue weighted by atomic mass is 10.2. The maximum Gasteiger partial charge on any atom is 0.325 e. The third-order valence-corrected chi connectivity index (χ3v) is 6.08. The summed E-state index contributed by atoms with van der Waals surface area (Å²) in [5.74, 6) is 1.03. The maximum absolute atomic E-state index is 12.8. The molecular formula is C24H30Cl2N4O3. The van der Waals surface area contributed by atoms with Crippen LogP contribution < -0.4 is 10.1 Å². The predicted octanol–water partition coefficient (Wildman–Crippen LogP) is 5.41. The van der Waals surface area contributed by atoms with Gasteiger partial charge in [0, 0.05) is 24.7 Å². The lowest BCUT2D eigenvalue weighted by Crippen LogP contribution is -2.64. The number of aliphatic imine (C=N–C) groups is 1. The van der Waals surface area contributed by atoms with Crippen LogP contribution in [0.2, 0.25) is 10.0 Å².